The smallest absolute Gasteiger partial charge is 0.255 e. The Morgan fingerprint density at radius 3 is 1.74 bits per heavy atom. The molecule has 3 aromatic carbocycles. The minimum Gasteiger partial charge on any atom is -0.352 e. The molecule has 0 aliphatic carbocycles. The molecule has 4 amide bonds. The van der Waals surface area contributed by atoms with Gasteiger partial charge in [-0.25, -0.2) is 0 Å². The van der Waals surface area contributed by atoms with E-state index in [0.29, 0.717) is 36.3 Å². The van der Waals surface area contributed by atoms with Crippen molar-refractivity contribution in [2.75, 3.05) is 37.4 Å². The van der Waals surface area contributed by atoms with Crippen molar-refractivity contribution in [1.29, 1.82) is 0 Å². The van der Waals surface area contributed by atoms with Crippen molar-refractivity contribution in [2.24, 2.45) is 0 Å². The fourth-order valence-electron chi connectivity index (χ4n) is 3.68. The Hall–Kier alpha value is -4.46. The third-order valence-corrected chi connectivity index (χ3v) is 6.39. The van der Waals surface area contributed by atoms with Gasteiger partial charge in [0.05, 0.1) is 0 Å². The first-order chi connectivity index (χ1) is 18.1. The number of amides is 4. The maximum absolute atomic E-state index is 12.6. The molecule has 0 spiro atoms. The van der Waals surface area contributed by atoms with Crippen LogP contribution in [0.4, 0.5) is 11.4 Å². The lowest BCUT2D eigenvalue weighted by Crippen LogP contribution is -2.26. The largest absolute Gasteiger partial charge is 0.352 e. The third kappa shape index (κ3) is 8.03. The van der Waals surface area contributed by atoms with Crippen molar-refractivity contribution in [3.63, 3.8) is 0 Å². The molecule has 0 radical (unpaired) electrons. The Morgan fingerprint density at radius 1 is 0.658 bits per heavy atom. The molecule has 0 aromatic heterocycles. The van der Waals surface area contributed by atoms with Crippen LogP contribution in [-0.4, -0.2) is 55.7 Å². The molecule has 8 nitrogen and oxygen atoms in total. The van der Waals surface area contributed by atoms with Crippen molar-refractivity contribution >= 4 is 35.0 Å². The van der Waals surface area contributed by atoms with E-state index in [-0.39, 0.29) is 23.6 Å². The SMILES string of the molecule is CC(=O)N(C)CCc1ccc(NC(=O)c2ccc(C(=O)NCCc3ccc(N(C)C(C)=O)cc3)cc2)cc1. The number of hydrogen-bond acceptors (Lipinski definition) is 4. The van der Waals surface area contributed by atoms with Gasteiger partial charge in [-0.1, -0.05) is 24.3 Å². The number of hydrogen-bond donors (Lipinski definition) is 2. The predicted octanol–water partition coefficient (Wildman–Crippen LogP) is 3.91. The summed E-state index contributed by atoms with van der Waals surface area (Å²) in [4.78, 5) is 51.2. The minimum atomic E-state index is -0.264. The topological polar surface area (TPSA) is 98.8 Å². The summed E-state index contributed by atoms with van der Waals surface area (Å²) >= 11 is 0. The third-order valence-electron chi connectivity index (χ3n) is 6.39. The highest BCUT2D eigenvalue weighted by atomic mass is 16.2. The van der Waals surface area contributed by atoms with Crippen molar-refractivity contribution in [2.45, 2.75) is 26.7 Å². The summed E-state index contributed by atoms with van der Waals surface area (Å²) in [6, 6.07) is 21.7. The second kappa shape index (κ2) is 13.2. The van der Waals surface area contributed by atoms with Gasteiger partial charge in [0, 0.05) is 63.5 Å². The van der Waals surface area contributed by atoms with Gasteiger partial charge in [0.15, 0.2) is 0 Å². The lowest BCUT2D eigenvalue weighted by molar-refractivity contribution is -0.127. The van der Waals surface area contributed by atoms with E-state index in [1.165, 1.54) is 13.8 Å². The monoisotopic (exact) mass is 514 g/mol. The van der Waals surface area contributed by atoms with E-state index in [4.69, 9.17) is 0 Å². The molecule has 8 heteroatoms. The number of nitrogens with one attached hydrogen (secondary N) is 2. The maximum Gasteiger partial charge on any atom is 0.255 e. The van der Waals surface area contributed by atoms with Gasteiger partial charge in [-0.2, -0.15) is 0 Å². The van der Waals surface area contributed by atoms with Crippen molar-refractivity contribution in [3.8, 4) is 0 Å². The average molecular weight is 515 g/mol. The molecule has 2 N–H and O–H groups in total. The summed E-state index contributed by atoms with van der Waals surface area (Å²) in [5.74, 6) is -0.482. The summed E-state index contributed by atoms with van der Waals surface area (Å²) in [5, 5.41) is 5.76. The predicted molar refractivity (Wildman–Crippen MR) is 149 cm³/mol. The van der Waals surface area contributed by atoms with E-state index in [9.17, 15) is 19.2 Å². The van der Waals surface area contributed by atoms with E-state index in [1.807, 2.05) is 48.5 Å². The van der Waals surface area contributed by atoms with Gasteiger partial charge in [0.25, 0.3) is 11.8 Å². The Kier molecular flexibility index (Phi) is 9.76. The van der Waals surface area contributed by atoms with Crippen LogP contribution >= 0.6 is 0 Å². The highest BCUT2D eigenvalue weighted by Crippen LogP contribution is 2.15. The van der Waals surface area contributed by atoms with Gasteiger partial charge in [0.1, 0.15) is 0 Å². The van der Waals surface area contributed by atoms with Crippen LogP contribution in [0.3, 0.4) is 0 Å². The number of nitrogens with zero attached hydrogens (tertiary/aromatic N) is 2. The van der Waals surface area contributed by atoms with Gasteiger partial charge >= 0.3 is 0 Å². The molecular formula is C30H34N4O4. The Labute approximate surface area is 223 Å². The molecule has 0 fully saturated rings. The zero-order chi connectivity index (χ0) is 27.7. The quantitative estimate of drug-likeness (QED) is 0.429. The van der Waals surface area contributed by atoms with E-state index in [1.54, 1.807) is 48.2 Å². The van der Waals surface area contributed by atoms with Crippen LogP contribution in [0.25, 0.3) is 0 Å². The first-order valence-electron chi connectivity index (χ1n) is 12.5. The first-order valence-corrected chi connectivity index (χ1v) is 12.5. The van der Waals surface area contributed by atoms with Gasteiger partial charge in [-0.3, -0.25) is 19.2 Å². The molecule has 0 atom stereocenters. The molecule has 0 saturated heterocycles. The van der Waals surface area contributed by atoms with Crippen LogP contribution in [0.2, 0.25) is 0 Å². The maximum atomic E-state index is 12.6. The fraction of sp³-hybridized carbons (Fsp3) is 0.267. The molecule has 0 bridgehead atoms. The standard InChI is InChI=1S/C30H34N4O4/c1-21(35)33(3)20-18-24-5-13-27(14-6-24)32-30(38)26-11-9-25(10-12-26)29(37)31-19-17-23-7-15-28(16-8-23)34(4)22(2)36/h5-16H,17-20H2,1-4H3,(H,31,37)(H,32,38). The van der Waals surface area contributed by atoms with E-state index < -0.39 is 0 Å². The molecule has 0 saturated carbocycles. The molecule has 3 rings (SSSR count). The van der Waals surface area contributed by atoms with Gasteiger partial charge < -0.3 is 20.4 Å². The second-order valence-corrected chi connectivity index (χ2v) is 9.17. The van der Waals surface area contributed by atoms with Crippen LogP contribution in [0.15, 0.2) is 72.8 Å². The highest BCUT2D eigenvalue weighted by molar-refractivity contribution is 6.05. The lowest BCUT2D eigenvalue weighted by atomic mass is 10.1. The van der Waals surface area contributed by atoms with Gasteiger partial charge in [-0.15, -0.1) is 0 Å². The zero-order valence-corrected chi connectivity index (χ0v) is 22.3. The number of carbonyl (C=O) groups excluding carboxylic acids is 4. The molecule has 0 unspecified atom stereocenters. The van der Waals surface area contributed by atoms with Crippen molar-refractivity contribution in [1.82, 2.24) is 10.2 Å². The van der Waals surface area contributed by atoms with Crippen LogP contribution in [0.1, 0.15) is 45.7 Å². The fourth-order valence-corrected chi connectivity index (χ4v) is 3.68. The van der Waals surface area contributed by atoms with E-state index >= 15 is 0 Å². The van der Waals surface area contributed by atoms with Crippen LogP contribution < -0.4 is 15.5 Å². The Bertz CT molecular complexity index is 1270. The molecular weight excluding hydrogens is 480 g/mol. The van der Waals surface area contributed by atoms with Crippen LogP contribution in [0.5, 0.6) is 0 Å². The molecule has 38 heavy (non-hydrogen) atoms. The number of anilines is 2. The number of likely N-dealkylation sites (N-methyl/N-ethyl adjacent to an activating group) is 1. The number of carbonyl (C=O) groups is 4. The Morgan fingerprint density at radius 2 is 1.18 bits per heavy atom. The molecule has 3 aromatic rings. The van der Waals surface area contributed by atoms with E-state index in [2.05, 4.69) is 10.6 Å². The minimum absolute atomic E-state index is 0.0270. The lowest BCUT2D eigenvalue weighted by Gasteiger charge is -2.15. The molecule has 0 heterocycles. The Balaban J connectivity index is 1.46. The van der Waals surface area contributed by atoms with E-state index in [0.717, 1.165) is 23.2 Å². The highest BCUT2D eigenvalue weighted by Gasteiger charge is 2.10. The summed E-state index contributed by atoms with van der Waals surface area (Å²) in [7, 11) is 3.49. The number of rotatable bonds is 10. The summed E-state index contributed by atoms with van der Waals surface area (Å²) in [6.45, 7) is 4.15. The van der Waals surface area contributed by atoms with Crippen LogP contribution in [-0.2, 0) is 22.4 Å². The van der Waals surface area contributed by atoms with Crippen molar-refractivity contribution < 1.29 is 19.2 Å². The molecule has 0 aliphatic heterocycles. The summed E-state index contributed by atoms with van der Waals surface area (Å²) in [5.41, 5.74) is 4.53. The second-order valence-electron chi connectivity index (χ2n) is 9.17. The zero-order valence-electron chi connectivity index (χ0n) is 22.3. The normalized spacial score (nSPS) is 10.4. The summed E-state index contributed by atoms with van der Waals surface area (Å²) in [6.07, 6.45) is 1.39. The van der Waals surface area contributed by atoms with Crippen molar-refractivity contribution in [3.05, 3.63) is 95.1 Å². The average Bonchev–Trinajstić information content (AvgIpc) is 2.92. The van der Waals surface area contributed by atoms with Gasteiger partial charge in [0.2, 0.25) is 11.8 Å². The first kappa shape index (κ1) is 28.1. The van der Waals surface area contributed by atoms with Crippen LogP contribution in [0, 0.1) is 0 Å². The molecule has 198 valence electrons. The molecule has 0 aliphatic rings. The number of benzene rings is 3. The van der Waals surface area contributed by atoms with Gasteiger partial charge in [-0.05, 0) is 72.5 Å². The summed E-state index contributed by atoms with van der Waals surface area (Å²) < 4.78 is 0.